The minimum atomic E-state index is -3.65. The molecule has 1 rings (SSSR count). The topological polar surface area (TPSA) is 76.1 Å². The summed E-state index contributed by atoms with van der Waals surface area (Å²) in [7, 11) is -0.594. The molecule has 1 aromatic rings. The smallest absolute Gasteiger partial charge is 0.243 e. The zero-order valence-corrected chi connectivity index (χ0v) is 13.5. The highest BCUT2D eigenvalue weighted by Crippen LogP contribution is 2.21. The lowest BCUT2D eigenvalue weighted by Crippen LogP contribution is -2.36. The van der Waals surface area contributed by atoms with E-state index < -0.39 is 10.0 Å². The van der Waals surface area contributed by atoms with E-state index >= 15 is 0 Å². The largest absolute Gasteiger partial charge is 0.392 e. The molecule has 0 spiro atoms. The normalized spacial score (nSPS) is 12.0. The molecule has 0 aliphatic heterocycles. The Labute approximate surface area is 126 Å². The molecule has 1 aromatic carbocycles. The Bertz CT molecular complexity index is 536. The van der Waals surface area contributed by atoms with Gasteiger partial charge in [-0.3, -0.25) is 0 Å². The van der Waals surface area contributed by atoms with Gasteiger partial charge in [0.2, 0.25) is 10.0 Å². The number of ether oxygens (including phenoxy) is 2. The van der Waals surface area contributed by atoms with Crippen molar-refractivity contribution in [2.24, 2.45) is 0 Å². The lowest BCUT2D eigenvalue weighted by molar-refractivity contribution is 0.150. The van der Waals surface area contributed by atoms with Gasteiger partial charge in [-0.2, -0.15) is 4.31 Å². The van der Waals surface area contributed by atoms with Gasteiger partial charge < -0.3 is 14.6 Å². The second-order valence-electron chi connectivity index (χ2n) is 4.65. The number of nitrogens with zero attached hydrogens (tertiary/aromatic N) is 1. The van der Waals surface area contributed by atoms with Gasteiger partial charge in [-0.05, 0) is 24.1 Å². The van der Waals surface area contributed by atoms with E-state index in [0.29, 0.717) is 24.3 Å². The average Bonchev–Trinajstić information content (AvgIpc) is 2.47. The standard InChI is InChI=1S/C14H23NO5S/c1-12-4-5-13(11-16)10-14(12)21(17,18)15(6-8-19-2)7-9-20-3/h4-5,10,16H,6-9,11H2,1-3H3. The van der Waals surface area contributed by atoms with Crippen LogP contribution in [0.2, 0.25) is 0 Å². The third-order valence-electron chi connectivity index (χ3n) is 3.14. The molecular weight excluding hydrogens is 294 g/mol. The molecule has 7 heteroatoms. The number of methoxy groups -OCH3 is 2. The molecule has 0 atom stereocenters. The van der Waals surface area contributed by atoms with Gasteiger partial charge in [0.1, 0.15) is 0 Å². The predicted molar refractivity (Wildman–Crippen MR) is 79.6 cm³/mol. The molecule has 21 heavy (non-hydrogen) atoms. The number of rotatable bonds is 9. The molecule has 0 aliphatic rings. The third kappa shape index (κ3) is 4.76. The number of benzene rings is 1. The van der Waals surface area contributed by atoms with E-state index in [1.807, 2.05) is 0 Å². The van der Waals surface area contributed by atoms with Crippen LogP contribution in [0.25, 0.3) is 0 Å². The van der Waals surface area contributed by atoms with E-state index in [0.717, 1.165) is 0 Å². The summed E-state index contributed by atoms with van der Waals surface area (Å²) < 4.78 is 36.8. The molecule has 120 valence electrons. The zero-order valence-electron chi connectivity index (χ0n) is 12.7. The number of aliphatic hydroxyl groups is 1. The van der Waals surface area contributed by atoms with E-state index in [4.69, 9.17) is 9.47 Å². The number of aliphatic hydroxyl groups excluding tert-OH is 1. The molecule has 1 N–H and O–H groups in total. The third-order valence-corrected chi connectivity index (χ3v) is 5.18. The monoisotopic (exact) mass is 317 g/mol. The van der Waals surface area contributed by atoms with E-state index in [1.165, 1.54) is 24.6 Å². The number of hydrogen-bond donors (Lipinski definition) is 1. The first-order chi connectivity index (χ1) is 9.97. The zero-order chi connectivity index (χ0) is 15.9. The van der Waals surface area contributed by atoms with Crippen LogP contribution >= 0.6 is 0 Å². The van der Waals surface area contributed by atoms with Crippen LogP contribution in [0.5, 0.6) is 0 Å². The number of sulfonamides is 1. The van der Waals surface area contributed by atoms with Crippen molar-refractivity contribution in [1.29, 1.82) is 0 Å². The Hall–Kier alpha value is -0.990. The summed E-state index contributed by atoms with van der Waals surface area (Å²) in [6, 6.07) is 4.92. The SMILES string of the molecule is COCCN(CCOC)S(=O)(=O)c1cc(CO)ccc1C. The molecule has 0 unspecified atom stereocenters. The van der Waals surface area contributed by atoms with Gasteiger partial charge in [0.05, 0.1) is 24.7 Å². The van der Waals surface area contributed by atoms with Crippen LogP contribution in [0.3, 0.4) is 0 Å². The summed E-state index contributed by atoms with van der Waals surface area (Å²) in [6.45, 7) is 2.66. The predicted octanol–water partition coefficient (Wildman–Crippen LogP) is 0.771. The molecule has 0 saturated carbocycles. The Balaban J connectivity index is 3.14. The Morgan fingerprint density at radius 1 is 1.14 bits per heavy atom. The minimum absolute atomic E-state index is 0.195. The highest BCUT2D eigenvalue weighted by Gasteiger charge is 2.25. The van der Waals surface area contributed by atoms with Crippen molar-refractivity contribution in [3.05, 3.63) is 29.3 Å². The summed E-state index contributed by atoms with van der Waals surface area (Å²) in [6.07, 6.45) is 0. The Kier molecular flexibility index (Phi) is 7.27. The molecule has 0 fully saturated rings. The lowest BCUT2D eigenvalue weighted by atomic mass is 10.2. The van der Waals surface area contributed by atoms with E-state index in [9.17, 15) is 13.5 Å². The first-order valence-corrected chi connectivity index (χ1v) is 8.09. The fourth-order valence-electron chi connectivity index (χ4n) is 1.90. The van der Waals surface area contributed by atoms with Gasteiger partial charge in [0.25, 0.3) is 0 Å². The first kappa shape index (κ1) is 18.1. The maximum absolute atomic E-state index is 12.8. The van der Waals surface area contributed by atoms with Crippen LogP contribution < -0.4 is 0 Å². The average molecular weight is 317 g/mol. The van der Waals surface area contributed by atoms with Crippen molar-refractivity contribution in [1.82, 2.24) is 4.31 Å². The molecule has 0 aromatic heterocycles. The maximum Gasteiger partial charge on any atom is 0.243 e. The highest BCUT2D eigenvalue weighted by molar-refractivity contribution is 7.89. The molecule has 0 aliphatic carbocycles. The van der Waals surface area contributed by atoms with Crippen LogP contribution in [0, 0.1) is 6.92 Å². The number of hydrogen-bond acceptors (Lipinski definition) is 5. The molecule has 0 heterocycles. The molecule has 0 radical (unpaired) electrons. The van der Waals surface area contributed by atoms with E-state index in [-0.39, 0.29) is 24.6 Å². The van der Waals surface area contributed by atoms with Gasteiger partial charge in [-0.25, -0.2) is 8.42 Å². The second kappa shape index (κ2) is 8.45. The Morgan fingerprint density at radius 2 is 1.71 bits per heavy atom. The Morgan fingerprint density at radius 3 is 2.19 bits per heavy atom. The van der Waals surface area contributed by atoms with Crippen LogP contribution in [0.1, 0.15) is 11.1 Å². The van der Waals surface area contributed by atoms with E-state index in [2.05, 4.69) is 0 Å². The van der Waals surface area contributed by atoms with Crippen molar-refractivity contribution < 1.29 is 23.0 Å². The molecular formula is C14H23NO5S. The molecule has 6 nitrogen and oxygen atoms in total. The van der Waals surface area contributed by atoms with Crippen LogP contribution in [-0.2, 0) is 26.1 Å². The summed E-state index contributed by atoms with van der Waals surface area (Å²) in [5, 5.41) is 9.19. The highest BCUT2D eigenvalue weighted by atomic mass is 32.2. The van der Waals surface area contributed by atoms with Gasteiger partial charge >= 0.3 is 0 Å². The molecule has 0 bridgehead atoms. The summed E-state index contributed by atoms with van der Waals surface area (Å²) in [4.78, 5) is 0.209. The van der Waals surface area contributed by atoms with Crippen LogP contribution in [-0.4, -0.2) is 58.4 Å². The van der Waals surface area contributed by atoms with Gasteiger partial charge in [0.15, 0.2) is 0 Å². The minimum Gasteiger partial charge on any atom is -0.392 e. The summed E-state index contributed by atoms with van der Waals surface area (Å²) in [5.74, 6) is 0. The first-order valence-electron chi connectivity index (χ1n) is 6.65. The second-order valence-corrected chi connectivity index (χ2v) is 6.55. The van der Waals surface area contributed by atoms with Crippen LogP contribution in [0.15, 0.2) is 23.1 Å². The van der Waals surface area contributed by atoms with Crippen molar-refractivity contribution in [2.45, 2.75) is 18.4 Å². The van der Waals surface area contributed by atoms with Crippen LogP contribution in [0.4, 0.5) is 0 Å². The quantitative estimate of drug-likeness (QED) is 0.728. The summed E-state index contributed by atoms with van der Waals surface area (Å²) in [5.41, 5.74) is 1.21. The van der Waals surface area contributed by atoms with Gasteiger partial charge in [-0.1, -0.05) is 12.1 Å². The van der Waals surface area contributed by atoms with Gasteiger partial charge in [-0.15, -0.1) is 0 Å². The lowest BCUT2D eigenvalue weighted by Gasteiger charge is -2.22. The molecule has 0 amide bonds. The molecule has 0 saturated heterocycles. The van der Waals surface area contributed by atoms with Gasteiger partial charge in [0, 0.05) is 27.3 Å². The fourth-order valence-corrected chi connectivity index (χ4v) is 3.58. The van der Waals surface area contributed by atoms with Crippen molar-refractivity contribution in [2.75, 3.05) is 40.5 Å². The maximum atomic E-state index is 12.8. The van der Waals surface area contributed by atoms with E-state index in [1.54, 1.807) is 19.1 Å². The van der Waals surface area contributed by atoms with Crippen molar-refractivity contribution >= 4 is 10.0 Å². The van der Waals surface area contributed by atoms with Crippen molar-refractivity contribution in [3.63, 3.8) is 0 Å². The number of aryl methyl sites for hydroxylation is 1. The summed E-state index contributed by atoms with van der Waals surface area (Å²) >= 11 is 0. The fraction of sp³-hybridized carbons (Fsp3) is 0.571. The van der Waals surface area contributed by atoms with Crippen molar-refractivity contribution in [3.8, 4) is 0 Å².